The molecule has 2 aromatic rings. The van der Waals surface area contributed by atoms with E-state index in [2.05, 4.69) is 31.3 Å². The van der Waals surface area contributed by atoms with Crippen LogP contribution >= 0.6 is 0 Å². The van der Waals surface area contributed by atoms with Crippen molar-refractivity contribution in [2.75, 3.05) is 26.2 Å². The number of amides is 5. The van der Waals surface area contributed by atoms with E-state index in [9.17, 15) is 24.0 Å². The average Bonchev–Trinajstić information content (AvgIpc) is 3.55. The van der Waals surface area contributed by atoms with Crippen LogP contribution in [-0.4, -0.2) is 96.7 Å². The zero-order valence-corrected chi connectivity index (χ0v) is 26.8. The number of benzene rings is 2. The first-order chi connectivity index (χ1) is 23.0. The van der Waals surface area contributed by atoms with Crippen molar-refractivity contribution in [3.63, 3.8) is 0 Å². The quantitative estimate of drug-likeness (QED) is 0.0798. The Morgan fingerprint density at radius 1 is 0.729 bits per heavy atom. The highest BCUT2D eigenvalue weighted by Gasteiger charge is 2.37. The summed E-state index contributed by atoms with van der Waals surface area (Å²) in [7, 11) is 0. The predicted octanol–water partition coefficient (Wildman–Crippen LogP) is -1.94. The molecule has 0 bridgehead atoms. The lowest BCUT2D eigenvalue weighted by molar-refractivity contribution is -0.139. The van der Waals surface area contributed by atoms with Gasteiger partial charge in [0.25, 0.3) is 0 Å². The molecule has 0 saturated carbocycles. The van der Waals surface area contributed by atoms with Crippen molar-refractivity contribution in [2.45, 2.75) is 69.1 Å². The minimum Gasteiger partial charge on any atom is -0.370 e. The summed E-state index contributed by atoms with van der Waals surface area (Å²) in [4.78, 5) is 77.2. The molecule has 4 atom stereocenters. The zero-order chi connectivity index (χ0) is 34.6. The van der Waals surface area contributed by atoms with Crippen LogP contribution in [0, 0.1) is 0 Å². The summed E-state index contributed by atoms with van der Waals surface area (Å²) in [5.41, 5.74) is 22.6. The van der Waals surface area contributed by atoms with Crippen LogP contribution in [0.15, 0.2) is 52.4 Å². The maximum Gasteiger partial charge on any atom is 0.243 e. The molecule has 0 aliphatic carbocycles. The van der Waals surface area contributed by atoms with E-state index in [0.717, 1.165) is 16.3 Å². The molecule has 2 fully saturated rings. The molecule has 258 valence electrons. The summed E-state index contributed by atoms with van der Waals surface area (Å²) in [6.45, 7) is 0.362. The Labute approximate surface area is 278 Å². The lowest BCUT2D eigenvalue weighted by Crippen LogP contribution is -2.57. The molecular weight excluding hydrogens is 618 g/mol. The van der Waals surface area contributed by atoms with Gasteiger partial charge in [-0.15, -0.1) is 0 Å². The van der Waals surface area contributed by atoms with Crippen molar-refractivity contribution in [3.8, 4) is 0 Å². The molecule has 2 aromatic carbocycles. The van der Waals surface area contributed by atoms with Gasteiger partial charge in [-0.1, -0.05) is 42.5 Å². The maximum atomic E-state index is 13.8. The second kappa shape index (κ2) is 16.9. The summed E-state index contributed by atoms with van der Waals surface area (Å²) < 4.78 is 0. The van der Waals surface area contributed by atoms with Crippen LogP contribution in [0.2, 0.25) is 0 Å². The highest BCUT2D eigenvalue weighted by atomic mass is 16.2. The molecule has 0 unspecified atom stereocenters. The van der Waals surface area contributed by atoms with E-state index in [1.165, 1.54) is 4.90 Å². The third kappa shape index (κ3) is 10.0. The lowest BCUT2D eigenvalue weighted by atomic mass is 10.0. The molecule has 16 nitrogen and oxygen atoms in total. The van der Waals surface area contributed by atoms with E-state index >= 15 is 0 Å². The fourth-order valence-electron chi connectivity index (χ4n) is 5.89. The molecule has 16 heteroatoms. The average molecular weight is 664 g/mol. The molecule has 5 amide bonds. The topological polar surface area (TPSA) is 266 Å². The number of hydrogen-bond acceptors (Lipinski definition) is 7. The van der Waals surface area contributed by atoms with Gasteiger partial charge in [-0.05, 0) is 54.9 Å². The van der Waals surface area contributed by atoms with E-state index < -0.39 is 53.7 Å². The van der Waals surface area contributed by atoms with Crippen LogP contribution in [0.3, 0.4) is 0 Å². The van der Waals surface area contributed by atoms with Gasteiger partial charge in [-0.2, -0.15) is 0 Å². The fraction of sp³-hybridized carbons (Fsp3) is 0.469. The number of fused-ring (bicyclic) bond motifs is 2. The van der Waals surface area contributed by atoms with Crippen LogP contribution in [0.4, 0.5) is 0 Å². The van der Waals surface area contributed by atoms with Crippen molar-refractivity contribution in [3.05, 3.63) is 48.0 Å². The molecular formula is C32H45N11O5. The van der Waals surface area contributed by atoms with Gasteiger partial charge in [-0.3, -0.25) is 34.0 Å². The number of aliphatic imine (C=N–C) groups is 2. The minimum absolute atomic E-state index is 0.107. The van der Waals surface area contributed by atoms with Gasteiger partial charge >= 0.3 is 0 Å². The Bertz CT molecular complexity index is 1550. The van der Waals surface area contributed by atoms with Crippen molar-refractivity contribution in [1.82, 2.24) is 26.2 Å². The molecule has 0 radical (unpaired) electrons. The van der Waals surface area contributed by atoms with Crippen molar-refractivity contribution in [1.29, 1.82) is 0 Å². The smallest absolute Gasteiger partial charge is 0.243 e. The van der Waals surface area contributed by atoms with Crippen molar-refractivity contribution < 1.29 is 24.0 Å². The Balaban J connectivity index is 1.64. The minimum atomic E-state index is -1.11. The largest absolute Gasteiger partial charge is 0.370 e. The first kappa shape index (κ1) is 35.4. The first-order valence-corrected chi connectivity index (χ1v) is 16.1. The predicted molar refractivity (Wildman–Crippen MR) is 181 cm³/mol. The van der Waals surface area contributed by atoms with Gasteiger partial charge in [0, 0.05) is 26.1 Å². The Morgan fingerprint density at radius 3 is 1.94 bits per heavy atom. The molecule has 2 aliphatic heterocycles. The number of rotatable bonds is 10. The number of hydrogen-bond donors (Lipinski definition) is 8. The second-order valence-corrected chi connectivity index (χ2v) is 11.9. The number of carbonyl (C=O) groups excluding carboxylic acids is 5. The van der Waals surface area contributed by atoms with E-state index in [4.69, 9.17) is 22.9 Å². The standard InChI is InChI=1S/C32H45N11O5/c33-31(34)37-13-3-8-22-29(47)42-24(17-19-11-12-20-6-1-2-7-21(20)16-19)27(45)39-18-26(44)43-15-5-10-25(43)30(48)41-23(28(46)40-22)9-4-14-38-32(35)36/h1-2,6-7,11-12,16,22-25H,3-5,8-10,13-15,17-18H2,(H,39,45)(H,40,46)(H,41,48)(H,42,47)(H4,33,34,37)(H4,35,36,38)/t22-,23-,24-,25+/m0/s1. The lowest BCUT2D eigenvalue weighted by Gasteiger charge is -2.27. The summed E-state index contributed by atoms with van der Waals surface area (Å²) >= 11 is 0. The van der Waals surface area contributed by atoms with Gasteiger partial charge < -0.3 is 49.1 Å². The maximum absolute atomic E-state index is 13.8. The number of carbonyl (C=O) groups is 5. The molecule has 48 heavy (non-hydrogen) atoms. The van der Waals surface area contributed by atoms with Gasteiger partial charge in [0.05, 0.1) is 6.54 Å². The SMILES string of the molecule is NC(N)=NCCC[C@@H]1NC(=O)[C@H](CCCN=C(N)N)NC(=O)[C@H]2CCCN2C(=O)CNC(=O)[C@H](Cc2ccc3ccccc3c2)NC1=O. The van der Waals surface area contributed by atoms with E-state index in [0.29, 0.717) is 32.2 Å². The summed E-state index contributed by atoms with van der Waals surface area (Å²) in [5, 5.41) is 13.0. The molecule has 2 aliphatic rings. The summed E-state index contributed by atoms with van der Waals surface area (Å²) in [6, 6.07) is 9.41. The molecule has 2 saturated heterocycles. The summed E-state index contributed by atoms with van der Waals surface area (Å²) in [6.07, 6.45) is 2.04. The second-order valence-electron chi connectivity index (χ2n) is 11.9. The molecule has 2 heterocycles. The first-order valence-electron chi connectivity index (χ1n) is 16.1. The third-order valence-corrected chi connectivity index (χ3v) is 8.33. The molecule has 12 N–H and O–H groups in total. The fourth-order valence-corrected chi connectivity index (χ4v) is 5.89. The Kier molecular flexibility index (Phi) is 12.5. The Hall–Kier alpha value is -5.41. The van der Waals surface area contributed by atoms with Crippen LogP contribution in [0.25, 0.3) is 10.8 Å². The van der Waals surface area contributed by atoms with Crippen LogP contribution < -0.4 is 44.2 Å². The third-order valence-electron chi connectivity index (χ3n) is 8.33. The van der Waals surface area contributed by atoms with Crippen LogP contribution in [-0.2, 0) is 30.4 Å². The zero-order valence-electron chi connectivity index (χ0n) is 26.8. The van der Waals surface area contributed by atoms with Gasteiger partial charge in [0.15, 0.2) is 11.9 Å². The van der Waals surface area contributed by atoms with Crippen molar-refractivity contribution in [2.24, 2.45) is 32.9 Å². The highest BCUT2D eigenvalue weighted by Crippen LogP contribution is 2.19. The van der Waals surface area contributed by atoms with Gasteiger partial charge in [0.2, 0.25) is 29.5 Å². The monoisotopic (exact) mass is 663 g/mol. The normalized spacial score (nSPS) is 22.3. The van der Waals surface area contributed by atoms with E-state index in [1.807, 2.05) is 42.5 Å². The van der Waals surface area contributed by atoms with Gasteiger partial charge in [0.1, 0.15) is 24.2 Å². The number of nitrogens with one attached hydrogen (secondary N) is 4. The van der Waals surface area contributed by atoms with Crippen LogP contribution in [0.1, 0.15) is 44.1 Å². The molecule has 0 spiro atoms. The number of guanidine groups is 2. The van der Waals surface area contributed by atoms with E-state index in [1.54, 1.807) is 0 Å². The summed E-state index contributed by atoms with van der Waals surface area (Å²) in [5.74, 6) is -2.99. The van der Waals surface area contributed by atoms with Crippen molar-refractivity contribution >= 4 is 52.2 Å². The van der Waals surface area contributed by atoms with Crippen LogP contribution in [0.5, 0.6) is 0 Å². The Morgan fingerprint density at radius 2 is 1.31 bits per heavy atom. The molecule has 4 rings (SSSR count). The molecule has 0 aromatic heterocycles. The number of nitrogens with two attached hydrogens (primary N) is 4. The van der Waals surface area contributed by atoms with E-state index in [-0.39, 0.29) is 50.8 Å². The highest BCUT2D eigenvalue weighted by molar-refractivity contribution is 5.97. The van der Waals surface area contributed by atoms with Gasteiger partial charge in [-0.25, -0.2) is 0 Å². The number of nitrogens with zero attached hydrogens (tertiary/aromatic N) is 3.